The van der Waals surface area contributed by atoms with Crippen molar-refractivity contribution in [3.63, 3.8) is 0 Å². The van der Waals surface area contributed by atoms with E-state index >= 15 is 0 Å². The van der Waals surface area contributed by atoms with Crippen LogP contribution < -0.4 is 0 Å². The first-order valence-corrected chi connectivity index (χ1v) is 8.97. The Morgan fingerprint density at radius 1 is 1.00 bits per heavy atom. The van der Waals surface area contributed by atoms with E-state index in [-0.39, 0.29) is 12.2 Å². The number of phosphoric ester groups is 1. The second-order valence-corrected chi connectivity index (χ2v) is 6.38. The molecule has 24 heavy (non-hydrogen) atoms. The number of carbonyl (C=O) groups is 1. The number of rotatable bonds is 6. The van der Waals surface area contributed by atoms with Gasteiger partial charge in [0.25, 0.3) is 0 Å². The summed E-state index contributed by atoms with van der Waals surface area (Å²) in [6.45, 7) is 3.07. The zero-order valence-electron chi connectivity index (χ0n) is 13.5. The van der Waals surface area contributed by atoms with Crippen LogP contribution in [0.4, 0.5) is 0 Å². The molecular weight excluding hydrogens is 327 g/mol. The van der Waals surface area contributed by atoms with E-state index in [9.17, 15) is 14.3 Å². The van der Waals surface area contributed by atoms with Crippen LogP contribution in [0, 0.1) is 0 Å². The van der Waals surface area contributed by atoms with E-state index in [1.165, 1.54) is 0 Å². The summed E-state index contributed by atoms with van der Waals surface area (Å²) in [4.78, 5) is 21.9. The van der Waals surface area contributed by atoms with Gasteiger partial charge in [-0.25, -0.2) is 9.36 Å². The summed E-state index contributed by atoms with van der Waals surface area (Å²) in [5.74, 6) is -0.892. The van der Waals surface area contributed by atoms with Crippen LogP contribution in [-0.2, 0) is 18.4 Å². The first-order chi connectivity index (χ1) is 11.4. The van der Waals surface area contributed by atoms with Crippen molar-refractivity contribution >= 4 is 19.4 Å². The van der Waals surface area contributed by atoms with Crippen molar-refractivity contribution in [2.75, 3.05) is 6.61 Å². The third kappa shape index (κ3) is 4.65. The normalized spacial score (nSPS) is 13.0. The molecule has 0 bridgehead atoms. The van der Waals surface area contributed by atoms with Gasteiger partial charge in [0.2, 0.25) is 0 Å². The number of benzene rings is 2. The highest BCUT2D eigenvalue weighted by atomic mass is 31.2. The summed E-state index contributed by atoms with van der Waals surface area (Å²) in [6.07, 6.45) is 0. The molecule has 0 aliphatic carbocycles. The van der Waals surface area contributed by atoms with Gasteiger partial charge in [0.15, 0.2) is 0 Å². The van der Waals surface area contributed by atoms with Gasteiger partial charge in [0.05, 0.1) is 6.61 Å². The quantitative estimate of drug-likeness (QED) is 0.627. The average molecular weight is 346 g/mol. The van der Waals surface area contributed by atoms with Crippen molar-refractivity contribution < 1.29 is 23.3 Å². The van der Waals surface area contributed by atoms with E-state index in [1.54, 1.807) is 13.8 Å². The number of phosphoric acid groups is 1. The Morgan fingerprint density at radius 3 is 1.88 bits per heavy atom. The molecule has 1 atom stereocenters. The molecule has 0 radical (unpaired) electrons. The molecule has 0 amide bonds. The minimum atomic E-state index is -4.41. The Balaban J connectivity index is 2.47. The van der Waals surface area contributed by atoms with Crippen LogP contribution in [0.5, 0.6) is 0 Å². The molecular formula is C18H19O5P. The maximum Gasteiger partial charge on any atom is 0.529 e. The fourth-order valence-corrected chi connectivity index (χ4v) is 3.00. The fraction of sp³-hybridized carbons (Fsp3) is 0.167. The molecule has 0 spiro atoms. The average Bonchev–Trinajstić information content (AvgIpc) is 2.56. The van der Waals surface area contributed by atoms with E-state index in [1.807, 2.05) is 60.7 Å². The zero-order chi connectivity index (χ0) is 17.6. The van der Waals surface area contributed by atoms with Gasteiger partial charge in [-0.3, -0.25) is 9.42 Å². The van der Waals surface area contributed by atoms with Crippen LogP contribution in [0.25, 0.3) is 5.57 Å². The molecule has 1 N–H and O–H groups in total. The summed E-state index contributed by atoms with van der Waals surface area (Å²) in [5.41, 5.74) is 2.48. The maximum atomic E-state index is 12.3. The Bertz CT molecular complexity index is 727. The van der Waals surface area contributed by atoms with Crippen molar-refractivity contribution in [2.24, 2.45) is 0 Å². The molecule has 0 saturated carbocycles. The second kappa shape index (κ2) is 8.06. The lowest BCUT2D eigenvalue weighted by atomic mass is 9.94. The zero-order valence-corrected chi connectivity index (χ0v) is 14.4. The van der Waals surface area contributed by atoms with Crippen LogP contribution in [0.1, 0.15) is 25.0 Å². The summed E-state index contributed by atoms with van der Waals surface area (Å²) in [6, 6.07) is 18.6. The molecule has 0 aliphatic rings. The second-order valence-electron chi connectivity index (χ2n) is 5.00. The van der Waals surface area contributed by atoms with E-state index in [4.69, 9.17) is 0 Å². The van der Waals surface area contributed by atoms with Gasteiger partial charge >= 0.3 is 13.8 Å². The third-order valence-electron chi connectivity index (χ3n) is 3.30. The van der Waals surface area contributed by atoms with Crippen molar-refractivity contribution in [3.8, 4) is 0 Å². The topological polar surface area (TPSA) is 72.8 Å². The van der Waals surface area contributed by atoms with Crippen LogP contribution in [0.15, 0.2) is 66.2 Å². The van der Waals surface area contributed by atoms with Gasteiger partial charge in [0.1, 0.15) is 0 Å². The molecule has 1 unspecified atom stereocenters. The lowest BCUT2D eigenvalue weighted by molar-refractivity contribution is -0.131. The van der Waals surface area contributed by atoms with Gasteiger partial charge in [-0.2, -0.15) is 0 Å². The Morgan fingerprint density at radius 2 is 1.46 bits per heavy atom. The van der Waals surface area contributed by atoms with Crippen molar-refractivity contribution in [1.29, 1.82) is 0 Å². The molecule has 5 nitrogen and oxygen atoms in total. The summed E-state index contributed by atoms with van der Waals surface area (Å²) >= 11 is 0. The SMILES string of the molecule is CCOP(=O)(O)OC(=O)C(C)=C(c1ccccc1)c1ccccc1. The molecule has 0 heterocycles. The Hall–Kier alpha value is -2.20. The van der Waals surface area contributed by atoms with E-state index < -0.39 is 13.8 Å². The van der Waals surface area contributed by atoms with E-state index in [0.29, 0.717) is 5.57 Å². The largest absolute Gasteiger partial charge is 0.529 e. The standard InChI is InChI=1S/C18H19O5P/c1-3-22-24(20,21)23-18(19)14(2)17(15-10-6-4-7-11-15)16-12-8-5-9-13-16/h4-13H,3H2,1-2H3,(H,20,21). The Labute approximate surface area is 141 Å². The lowest BCUT2D eigenvalue weighted by Crippen LogP contribution is -2.08. The highest BCUT2D eigenvalue weighted by Crippen LogP contribution is 2.44. The molecule has 0 aromatic heterocycles. The smallest absolute Gasteiger partial charge is 0.367 e. The Kier molecular flexibility index (Phi) is 6.10. The molecule has 0 fully saturated rings. The first-order valence-electron chi connectivity index (χ1n) is 7.47. The van der Waals surface area contributed by atoms with Gasteiger partial charge in [0, 0.05) is 5.57 Å². The van der Waals surface area contributed by atoms with Crippen LogP contribution in [-0.4, -0.2) is 17.5 Å². The summed E-state index contributed by atoms with van der Waals surface area (Å²) in [7, 11) is -4.41. The molecule has 2 aromatic carbocycles. The summed E-state index contributed by atoms with van der Waals surface area (Å²) in [5, 5.41) is 0. The molecule has 0 aliphatic heterocycles. The lowest BCUT2D eigenvalue weighted by Gasteiger charge is -2.15. The molecule has 126 valence electrons. The van der Waals surface area contributed by atoms with Crippen LogP contribution in [0.3, 0.4) is 0 Å². The van der Waals surface area contributed by atoms with E-state index in [2.05, 4.69) is 9.05 Å². The maximum absolute atomic E-state index is 12.3. The van der Waals surface area contributed by atoms with Crippen LogP contribution >= 0.6 is 7.82 Å². The number of hydrogen-bond donors (Lipinski definition) is 1. The van der Waals surface area contributed by atoms with Crippen LogP contribution in [0.2, 0.25) is 0 Å². The molecule has 6 heteroatoms. The first kappa shape index (κ1) is 18.1. The minimum Gasteiger partial charge on any atom is -0.367 e. The predicted octanol–water partition coefficient (Wildman–Crippen LogP) is 4.19. The van der Waals surface area contributed by atoms with Crippen molar-refractivity contribution in [3.05, 3.63) is 77.4 Å². The molecule has 0 saturated heterocycles. The van der Waals surface area contributed by atoms with Gasteiger partial charge in [-0.15, -0.1) is 0 Å². The van der Waals surface area contributed by atoms with Crippen molar-refractivity contribution in [2.45, 2.75) is 13.8 Å². The van der Waals surface area contributed by atoms with Gasteiger partial charge < -0.3 is 4.52 Å². The highest BCUT2D eigenvalue weighted by Gasteiger charge is 2.27. The highest BCUT2D eigenvalue weighted by molar-refractivity contribution is 7.48. The fourth-order valence-electron chi connectivity index (χ4n) is 2.27. The molecule has 2 aromatic rings. The molecule has 2 rings (SSSR count). The third-order valence-corrected chi connectivity index (χ3v) is 4.28. The monoisotopic (exact) mass is 346 g/mol. The van der Waals surface area contributed by atoms with E-state index in [0.717, 1.165) is 11.1 Å². The van der Waals surface area contributed by atoms with Gasteiger partial charge in [-0.05, 0) is 30.5 Å². The minimum absolute atomic E-state index is 0.0337. The number of carbonyl (C=O) groups excluding carboxylic acids is 1. The van der Waals surface area contributed by atoms with Crippen molar-refractivity contribution in [1.82, 2.24) is 0 Å². The predicted molar refractivity (Wildman–Crippen MR) is 92.1 cm³/mol. The number of hydrogen-bond acceptors (Lipinski definition) is 4. The summed E-state index contributed by atoms with van der Waals surface area (Å²) < 4.78 is 20.9. The van der Waals surface area contributed by atoms with Gasteiger partial charge in [-0.1, -0.05) is 60.7 Å².